The molecule has 0 spiro atoms. The number of rotatable bonds is 27. The van der Waals surface area contributed by atoms with Gasteiger partial charge in [0.2, 0.25) is 5.91 Å². The molecule has 0 saturated carbocycles. The number of carbonyl (C=O) groups excluding carboxylic acids is 1. The van der Waals surface area contributed by atoms with E-state index >= 15 is 0 Å². The van der Waals surface area contributed by atoms with Crippen LogP contribution in [0.1, 0.15) is 129 Å². The fourth-order valence-corrected chi connectivity index (χ4v) is 4.97. The van der Waals surface area contributed by atoms with Gasteiger partial charge in [0, 0.05) is 6.42 Å². The van der Waals surface area contributed by atoms with Gasteiger partial charge in [-0.1, -0.05) is 110 Å². The van der Waals surface area contributed by atoms with Gasteiger partial charge in [-0.2, -0.15) is 0 Å². The van der Waals surface area contributed by atoms with Crippen molar-refractivity contribution in [2.45, 2.75) is 142 Å². The summed E-state index contributed by atoms with van der Waals surface area (Å²) < 4.78 is 22.8. The number of carbonyl (C=O) groups is 1. The fraction of sp³-hybridized carbons (Fsp3) is 0.966. The number of amides is 1. The van der Waals surface area contributed by atoms with Gasteiger partial charge in [0.25, 0.3) is 7.82 Å². The molecule has 9 heteroatoms. The highest BCUT2D eigenvalue weighted by Gasteiger charge is 2.24. The smallest absolute Gasteiger partial charge is 0.268 e. The fourth-order valence-electron chi connectivity index (χ4n) is 4.25. The minimum Gasteiger partial charge on any atom is -0.756 e. The number of phosphoric acid groups is 1. The number of nitrogens with one attached hydrogen (secondary N) is 1. The standard InChI is InChI=1S/C29H61N2O6P/c1-6-8-10-11-12-13-14-15-16-17-18-19-20-21-22-28(32)27(30-29(33)23-9-7-2)26-37-38(34,35)36-25-24-31(3,4)5/h27-28,32H,6-26H2,1-5H3,(H-,30,33,34,35). The van der Waals surface area contributed by atoms with Gasteiger partial charge in [0.15, 0.2) is 0 Å². The van der Waals surface area contributed by atoms with Crippen LogP contribution in [-0.4, -0.2) is 68.5 Å². The van der Waals surface area contributed by atoms with Crippen molar-refractivity contribution >= 4 is 13.7 Å². The molecule has 228 valence electrons. The van der Waals surface area contributed by atoms with E-state index in [-0.39, 0.29) is 19.1 Å². The Morgan fingerprint density at radius 2 is 1.29 bits per heavy atom. The summed E-state index contributed by atoms with van der Waals surface area (Å²) in [5.74, 6) is -0.202. The third-order valence-corrected chi connectivity index (χ3v) is 7.81. The van der Waals surface area contributed by atoms with Crippen molar-refractivity contribution in [3.8, 4) is 0 Å². The summed E-state index contributed by atoms with van der Waals surface area (Å²) in [6.45, 7) is 4.45. The van der Waals surface area contributed by atoms with Crippen molar-refractivity contribution in [1.82, 2.24) is 5.32 Å². The summed E-state index contributed by atoms with van der Waals surface area (Å²) in [5, 5.41) is 13.5. The number of phosphoric ester groups is 1. The Hall–Kier alpha value is -0.500. The first-order valence-corrected chi connectivity index (χ1v) is 16.8. The Labute approximate surface area is 234 Å². The molecule has 0 saturated heterocycles. The average molecular weight is 565 g/mol. The van der Waals surface area contributed by atoms with E-state index in [9.17, 15) is 19.4 Å². The van der Waals surface area contributed by atoms with Crippen LogP contribution in [0.2, 0.25) is 0 Å². The molecule has 0 aromatic carbocycles. The molecule has 0 heterocycles. The third kappa shape index (κ3) is 24.5. The summed E-state index contributed by atoms with van der Waals surface area (Å²) in [6.07, 6.45) is 19.2. The quantitative estimate of drug-likeness (QED) is 0.0709. The maximum atomic E-state index is 12.3. The van der Waals surface area contributed by atoms with Crippen LogP contribution in [0, 0.1) is 0 Å². The van der Waals surface area contributed by atoms with E-state index in [4.69, 9.17) is 9.05 Å². The maximum absolute atomic E-state index is 12.3. The van der Waals surface area contributed by atoms with E-state index in [0.717, 1.165) is 32.1 Å². The van der Waals surface area contributed by atoms with Crippen LogP contribution in [0.15, 0.2) is 0 Å². The number of hydrogen-bond donors (Lipinski definition) is 2. The van der Waals surface area contributed by atoms with E-state index in [0.29, 0.717) is 23.9 Å². The van der Waals surface area contributed by atoms with Crippen LogP contribution >= 0.6 is 7.82 Å². The molecule has 3 atom stereocenters. The Morgan fingerprint density at radius 1 is 0.816 bits per heavy atom. The van der Waals surface area contributed by atoms with Crippen LogP contribution < -0.4 is 10.2 Å². The number of likely N-dealkylation sites (N-methyl/N-ethyl adjacent to an activating group) is 1. The number of hydrogen-bond acceptors (Lipinski definition) is 6. The Balaban J connectivity index is 4.26. The molecule has 0 aliphatic rings. The largest absolute Gasteiger partial charge is 0.756 e. The summed E-state index contributed by atoms with van der Waals surface area (Å²) in [6, 6.07) is -0.786. The SMILES string of the molecule is CCCCCCCCCCCCCCCCC(O)C(COP(=O)([O-])OCC[N+](C)(C)C)NC(=O)CCCC. The zero-order chi connectivity index (χ0) is 28.7. The molecule has 0 aromatic heterocycles. The average Bonchev–Trinajstić information content (AvgIpc) is 2.84. The maximum Gasteiger partial charge on any atom is 0.268 e. The second-order valence-corrected chi connectivity index (χ2v) is 13.2. The molecule has 38 heavy (non-hydrogen) atoms. The van der Waals surface area contributed by atoms with Crippen molar-refractivity contribution in [2.24, 2.45) is 0 Å². The van der Waals surface area contributed by atoms with E-state index in [2.05, 4.69) is 12.2 Å². The highest BCUT2D eigenvalue weighted by molar-refractivity contribution is 7.45. The van der Waals surface area contributed by atoms with Crippen molar-refractivity contribution in [3.05, 3.63) is 0 Å². The molecule has 0 aromatic rings. The monoisotopic (exact) mass is 564 g/mol. The van der Waals surface area contributed by atoms with Crippen LogP contribution in [0.25, 0.3) is 0 Å². The van der Waals surface area contributed by atoms with E-state index < -0.39 is 20.0 Å². The van der Waals surface area contributed by atoms with Gasteiger partial charge in [0.1, 0.15) is 13.2 Å². The number of unbranched alkanes of at least 4 members (excludes halogenated alkanes) is 14. The first kappa shape index (κ1) is 37.5. The van der Waals surface area contributed by atoms with Crippen molar-refractivity contribution < 1.29 is 32.9 Å². The molecule has 0 aliphatic heterocycles. The molecular formula is C29H61N2O6P. The van der Waals surface area contributed by atoms with E-state index in [1.807, 2.05) is 28.1 Å². The number of nitrogens with zero attached hydrogens (tertiary/aromatic N) is 1. The molecule has 0 radical (unpaired) electrons. The van der Waals surface area contributed by atoms with E-state index in [1.165, 1.54) is 70.6 Å². The van der Waals surface area contributed by atoms with Crippen LogP contribution in [0.5, 0.6) is 0 Å². The normalized spacial score (nSPS) is 15.2. The van der Waals surface area contributed by atoms with Gasteiger partial charge in [-0.15, -0.1) is 0 Å². The summed E-state index contributed by atoms with van der Waals surface area (Å²) in [7, 11) is 1.30. The molecule has 3 unspecified atom stereocenters. The van der Waals surface area contributed by atoms with Gasteiger partial charge in [-0.05, 0) is 12.8 Å². The summed E-state index contributed by atoms with van der Waals surface area (Å²) >= 11 is 0. The van der Waals surface area contributed by atoms with Gasteiger partial charge in [0.05, 0.1) is 39.9 Å². The lowest BCUT2D eigenvalue weighted by Gasteiger charge is -2.30. The Kier molecular flexibility index (Phi) is 22.9. The minimum absolute atomic E-state index is 0.0133. The Morgan fingerprint density at radius 3 is 1.76 bits per heavy atom. The lowest BCUT2D eigenvalue weighted by atomic mass is 10.0. The predicted octanol–water partition coefficient (Wildman–Crippen LogP) is 6.10. The molecule has 0 rings (SSSR count). The zero-order valence-electron chi connectivity index (χ0n) is 25.4. The second-order valence-electron chi connectivity index (χ2n) is 11.8. The second kappa shape index (κ2) is 23.2. The Bertz CT molecular complexity index is 614. The first-order valence-electron chi connectivity index (χ1n) is 15.4. The lowest BCUT2D eigenvalue weighted by molar-refractivity contribution is -0.870. The van der Waals surface area contributed by atoms with Crippen LogP contribution in [0.3, 0.4) is 0 Å². The number of quaternary nitrogens is 1. The molecule has 1 amide bonds. The van der Waals surface area contributed by atoms with Gasteiger partial charge in [-0.3, -0.25) is 9.36 Å². The van der Waals surface area contributed by atoms with Crippen molar-refractivity contribution in [1.29, 1.82) is 0 Å². The predicted molar refractivity (Wildman–Crippen MR) is 155 cm³/mol. The van der Waals surface area contributed by atoms with Crippen LogP contribution in [0.4, 0.5) is 0 Å². The summed E-state index contributed by atoms with van der Waals surface area (Å²) in [4.78, 5) is 24.4. The first-order chi connectivity index (χ1) is 18.0. The molecule has 2 N–H and O–H groups in total. The minimum atomic E-state index is -4.52. The lowest BCUT2D eigenvalue weighted by Crippen LogP contribution is -2.46. The highest BCUT2D eigenvalue weighted by atomic mass is 31.2. The molecule has 8 nitrogen and oxygen atoms in total. The molecule has 0 aliphatic carbocycles. The highest BCUT2D eigenvalue weighted by Crippen LogP contribution is 2.38. The molecular weight excluding hydrogens is 503 g/mol. The van der Waals surface area contributed by atoms with Gasteiger partial charge in [-0.25, -0.2) is 0 Å². The van der Waals surface area contributed by atoms with Gasteiger partial charge >= 0.3 is 0 Å². The summed E-state index contributed by atoms with van der Waals surface area (Å²) in [5.41, 5.74) is 0. The number of aliphatic hydroxyl groups is 1. The number of aliphatic hydroxyl groups excluding tert-OH is 1. The molecule has 0 fully saturated rings. The third-order valence-electron chi connectivity index (χ3n) is 6.85. The van der Waals surface area contributed by atoms with Crippen molar-refractivity contribution in [3.63, 3.8) is 0 Å². The van der Waals surface area contributed by atoms with Gasteiger partial charge < -0.3 is 28.8 Å². The molecule has 0 bridgehead atoms. The van der Waals surface area contributed by atoms with Crippen molar-refractivity contribution in [2.75, 3.05) is 40.9 Å². The van der Waals surface area contributed by atoms with E-state index in [1.54, 1.807) is 0 Å². The topological polar surface area (TPSA) is 108 Å². The van der Waals surface area contributed by atoms with Crippen LogP contribution in [-0.2, 0) is 18.4 Å². The zero-order valence-corrected chi connectivity index (χ0v) is 26.3.